The highest BCUT2D eigenvalue weighted by Crippen LogP contribution is 2.47. The Morgan fingerprint density at radius 3 is 1.53 bits per heavy atom. The van der Waals surface area contributed by atoms with Crippen molar-refractivity contribution in [1.29, 1.82) is 0 Å². The lowest BCUT2D eigenvalue weighted by Gasteiger charge is -2.31. The minimum Gasteiger partial charge on any atom is -0.348 e. The van der Waals surface area contributed by atoms with Crippen molar-refractivity contribution in [1.82, 2.24) is 0 Å². The summed E-state index contributed by atoms with van der Waals surface area (Å²) < 4.78 is 110. The third kappa shape index (κ3) is 3.03. The molecule has 102 valence electrons. The number of rotatable bonds is 4. The summed E-state index contributed by atoms with van der Waals surface area (Å²) in [6.45, 7) is 1.79. The van der Waals surface area contributed by atoms with Crippen LogP contribution in [0.15, 0.2) is 12.4 Å². The van der Waals surface area contributed by atoms with Crippen LogP contribution in [0.3, 0.4) is 0 Å². The largest absolute Gasteiger partial charge is 0.457 e. The van der Waals surface area contributed by atoms with E-state index in [0.717, 1.165) is 0 Å². The average Bonchev–Trinajstić information content (AvgIpc) is 1.98. The maximum absolute atomic E-state index is 12.3. The van der Waals surface area contributed by atoms with E-state index in [9.17, 15) is 39.5 Å². The van der Waals surface area contributed by atoms with Gasteiger partial charge in [-0.3, -0.25) is 0 Å². The molecular weight excluding hydrogens is 275 g/mol. The van der Waals surface area contributed by atoms with Gasteiger partial charge in [0.2, 0.25) is 0 Å². The van der Waals surface area contributed by atoms with Gasteiger partial charge in [0, 0.05) is 0 Å². The fourth-order valence-corrected chi connectivity index (χ4v) is 0.449. The van der Waals surface area contributed by atoms with Crippen molar-refractivity contribution in [2.24, 2.45) is 0 Å². The fraction of sp³-hybridized carbons (Fsp3) is 0.667. The lowest BCUT2D eigenvalue weighted by atomic mass is 10.3. The molecule has 0 radical (unpaired) electrons. The topological polar surface area (TPSA) is 29.5 Å². The van der Waals surface area contributed by atoms with Gasteiger partial charge >= 0.3 is 24.2 Å². The monoisotopic (exact) mass is 278 g/mol. The lowest BCUT2D eigenvalue weighted by molar-refractivity contribution is -0.484. The second kappa shape index (κ2) is 4.05. The first-order valence-electron chi connectivity index (χ1n) is 3.44. The van der Waals surface area contributed by atoms with Gasteiger partial charge in [-0.05, 0) is 0 Å². The van der Waals surface area contributed by atoms with Gasteiger partial charge in [0.25, 0.3) is 0 Å². The first kappa shape index (κ1) is 16.0. The van der Waals surface area contributed by atoms with Crippen LogP contribution in [0.5, 0.6) is 0 Å². The molecule has 0 saturated carbocycles. The minimum absolute atomic E-state index is 1.79. The number of ether oxygens (including phenoxy) is 1. The molecule has 0 aliphatic heterocycles. The van der Waals surface area contributed by atoms with E-state index in [0.29, 0.717) is 0 Å². The summed E-state index contributed by atoms with van der Waals surface area (Å²) in [5, 5.41) is 7.77. The van der Waals surface area contributed by atoms with Crippen molar-refractivity contribution in [2.75, 3.05) is 0 Å². The second-order valence-corrected chi connectivity index (χ2v) is 2.66. The lowest BCUT2D eigenvalue weighted by Crippen LogP contribution is -2.58. The molecular formula is C6H3F9O2. The molecule has 0 aliphatic rings. The standard InChI is InChI=1S/C6H3F9O2/c1-2(7)3(8,9)17-6(14,15)4(10,16)5(11,12)13/h16H,1H2. The molecule has 0 heterocycles. The molecule has 0 aliphatic carbocycles. The first-order valence-corrected chi connectivity index (χ1v) is 3.44. The van der Waals surface area contributed by atoms with Gasteiger partial charge in [-0.1, -0.05) is 6.58 Å². The third-order valence-corrected chi connectivity index (χ3v) is 1.33. The molecule has 1 unspecified atom stereocenters. The van der Waals surface area contributed by atoms with Gasteiger partial charge < -0.3 is 5.11 Å². The SMILES string of the molecule is C=C(F)C(F)(F)OC(F)(F)C(O)(F)C(F)(F)F. The van der Waals surface area contributed by atoms with Crippen LogP contribution in [-0.2, 0) is 4.74 Å². The molecule has 11 heteroatoms. The summed E-state index contributed by atoms with van der Waals surface area (Å²) in [6.07, 6.45) is -18.7. The molecule has 0 fully saturated rings. The van der Waals surface area contributed by atoms with E-state index < -0.39 is 30.1 Å². The van der Waals surface area contributed by atoms with Crippen LogP contribution in [-0.4, -0.2) is 29.4 Å². The van der Waals surface area contributed by atoms with Crippen LogP contribution >= 0.6 is 0 Å². The van der Waals surface area contributed by atoms with Crippen LogP contribution in [0.4, 0.5) is 39.5 Å². The smallest absolute Gasteiger partial charge is 0.348 e. The normalized spacial score (nSPS) is 17.8. The highest BCUT2D eigenvalue weighted by molar-refractivity contribution is 4.94. The van der Waals surface area contributed by atoms with Crippen molar-refractivity contribution in [3.63, 3.8) is 0 Å². The van der Waals surface area contributed by atoms with E-state index in [4.69, 9.17) is 5.11 Å². The van der Waals surface area contributed by atoms with Crippen molar-refractivity contribution in [2.45, 2.75) is 24.2 Å². The molecule has 0 aromatic carbocycles. The van der Waals surface area contributed by atoms with E-state index in [1.54, 1.807) is 6.58 Å². The Labute approximate surface area is 87.3 Å². The molecule has 17 heavy (non-hydrogen) atoms. The van der Waals surface area contributed by atoms with Crippen LogP contribution in [0.25, 0.3) is 0 Å². The number of alkyl halides is 8. The Hall–Kier alpha value is -0.970. The number of aliphatic hydroxyl groups is 1. The van der Waals surface area contributed by atoms with Crippen LogP contribution in [0.2, 0.25) is 0 Å². The zero-order chi connectivity index (χ0) is 14.3. The van der Waals surface area contributed by atoms with Crippen molar-refractivity contribution in [3.05, 3.63) is 12.4 Å². The van der Waals surface area contributed by atoms with Crippen molar-refractivity contribution < 1.29 is 49.4 Å². The van der Waals surface area contributed by atoms with E-state index in [1.165, 1.54) is 0 Å². The zero-order valence-corrected chi connectivity index (χ0v) is 7.46. The molecule has 2 nitrogen and oxygen atoms in total. The Kier molecular flexibility index (Phi) is 3.82. The Bertz CT molecular complexity index is 305. The number of hydrogen-bond donors (Lipinski definition) is 1. The Morgan fingerprint density at radius 2 is 1.29 bits per heavy atom. The summed E-state index contributed by atoms with van der Waals surface area (Å²) in [7, 11) is 0. The summed E-state index contributed by atoms with van der Waals surface area (Å²) in [5.74, 6) is -9.31. The van der Waals surface area contributed by atoms with E-state index >= 15 is 0 Å². The summed E-state index contributed by atoms with van der Waals surface area (Å²) in [6, 6.07) is 0. The predicted molar refractivity (Wildman–Crippen MR) is 33.3 cm³/mol. The second-order valence-electron chi connectivity index (χ2n) is 2.66. The van der Waals surface area contributed by atoms with Gasteiger partial charge in [-0.2, -0.15) is 35.1 Å². The van der Waals surface area contributed by atoms with Crippen LogP contribution in [0, 0.1) is 0 Å². The molecule has 1 N–H and O–H groups in total. The Morgan fingerprint density at radius 1 is 0.941 bits per heavy atom. The predicted octanol–water partition coefficient (Wildman–Crippen LogP) is 2.89. The van der Waals surface area contributed by atoms with Gasteiger partial charge in [0.1, 0.15) is 0 Å². The molecule has 0 rings (SSSR count). The van der Waals surface area contributed by atoms with E-state index in [-0.39, 0.29) is 0 Å². The zero-order valence-electron chi connectivity index (χ0n) is 7.46. The molecule has 1 atom stereocenters. The van der Waals surface area contributed by atoms with Crippen LogP contribution in [0.1, 0.15) is 0 Å². The Balaban J connectivity index is 5.24. The molecule has 0 saturated heterocycles. The highest BCUT2D eigenvalue weighted by Gasteiger charge is 2.74. The molecule has 0 bridgehead atoms. The molecule has 0 amide bonds. The van der Waals surface area contributed by atoms with E-state index in [2.05, 4.69) is 0 Å². The van der Waals surface area contributed by atoms with Gasteiger partial charge in [-0.15, -0.1) is 0 Å². The third-order valence-electron chi connectivity index (χ3n) is 1.33. The molecule has 0 aromatic rings. The van der Waals surface area contributed by atoms with Gasteiger partial charge in [0.05, 0.1) is 0 Å². The molecule has 0 aromatic heterocycles. The van der Waals surface area contributed by atoms with Crippen molar-refractivity contribution in [3.8, 4) is 0 Å². The highest BCUT2D eigenvalue weighted by atomic mass is 19.4. The summed E-state index contributed by atoms with van der Waals surface area (Å²) in [5.41, 5.74) is 0. The summed E-state index contributed by atoms with van der Waals surface area (Å²) in [4.78, 5) is 0. The fourth-order valence-electron chi connectivity index (χ4n) is 0.449. The van der Waals surface area contributed by atoms with Gasteiger partial charge in [0.15, 0.2) is 5.83 Å². The summed E-state index contributed by atoms with van der Waals surface area (Å²) >= 11 is 0. The maximum atomic E-state index is 12.3. The number of halogens is 9. The van der Waals surface area contributed by atoms with E-state index in [1.807, 2.05) is 4.74 Å². The molecule has 0 spiro atoms. The maximum Gasteiger partial charge on any atom is 0.457 e. The quantitative estimate of drug-likeness (QED) is 0.801. The average molecular weight is 278 g/mol. The number of hydrogen-bond acceptors (Lipinski definition) is 2. The van der Waals surface area contributed by atoms with Gasteiger partial charge in [-0.25, -0.2) is 9.13 Å². The first-order chi connectivity index (χ1) is 7.15. The van der Waals surface area contributed by atoms with Crippen LogP contribution < -0.4 is 0 Å². The van der Waals surface area contributed by atoms with Crippen molar-refractivity contribution >= 4 is 0 Å². The minimum atomic E-state index is -6.63.